The molecule has 0 radical (unpaired) electrons. The van der Waals surface area contributed by atoms with Crippen molar-refractivity contribution in [3.63, 3.8) is 0 Å². The number of piperidine rings is 1. The van der Waals surface area contributed by atoms with E-state index in [2.05, 4.69) is 5.32 Å². The summed E-state index contributed by atoms with van der Waals surface area (Å²) in [6.07, 6.45) is -1.65. The van der Waals surface area contributed by atoms with Gasteiger partial charge in [0.15, 0.2) is 0 Å². The van der Waals surface area contributed by atoms with E-state index in [0.717, 1.165) is 18.6 Å². The van der Waals surface area contributed by atoms with Crippen LogP contribution in [0.25, 0.3) is 0 Å². The zero-order chi connectivity index (χ0) is 24.8. The molecule has 0 bridgehead atoms. The summed E-state index contributed by atoms with van der Waals surface area (Å²) in [4.78, 5) is 14.3. The Hall–Kier alpha value is -1.65. The first-order valence-corrected chi connectivity index (χ1v) is 13.0. The third-order valence-corrected chi connectivity index (χ3v) is 7.98. The van der Waals surface area contributed by atoms with Crippen molar-refractivity contribution in [3.8, 4) is 0 Å². The molecule has 2 rings (SSSR count). The summed E-state index contributed by atoms with van der Waals surface area (Å²) in [6, 6.07) is 3.27. The predicted molar refractivity (Wildman–Crippen MR) is 122 cm³/mol. The Kier molecular flexibility index (Phi) is 9.75. The van der Waals surface area contributed by atoms with Gasteiger partial charge in [-0.25, -0.2) is 8.42 Å². The number of sulfonamides is 1. The lowest BCUT2D eigenvalue weighted by Gasteiger charge is -2.39. The van der Waals surface area contributed by atoms with E-state index in [0.29, 0.717) is 50.8 Å². The Morgan fingerprint density at radius 1 is 1.24 bits per heavy atom. The van der Waals surface area contributed by atoms with E-state index in [4.69, 9.17) is 0 Å². The minimum absolute atomic E-state index is 0.00509. The van der Waals surface area contributed by atoms with Gasteiger partial charge in [-0.3, -0.25) is 4.79 Å². The molecule has 1 aromatic rings. The van der Waals surface area contributed by atoms with E-state index < -0.39 is 21.8 Å². The standard InChI is InChI=1S/C23H36F3N3O3S/c1-5-6-12-29(33(31,32)20-9-7-8-18(16-20)23(24,25)26)19-10-13-28(14-11-19)22(30)21(27-4)15-17(2)3/h7-9,16-17,19,21,27H,5-6,10-15H2,1-4H3. The van der Waals surface area contributed by atoms with Crippen LogP contribution in [0.2, 0.25) is 0 Å². The summed E-state index contributed by atoms with van der Waals surface area (Å²) in [7, 11) is -2.36. The van der Waals surface area contributed by atoms with E-state index in [1.807, 2.05) is 20.8 Å². The first-order valence-electron chi connectivity index (χ1n) is 11.6. The average molecular weight is 492 g/mol. The van der Waals surface area contributed by atoms with Crippen LogP contribution in [0.5, 0.6) is 0 Å². The van der Waals surface area contributed by atoms with Crippen molar-refractivity contribution < 1.29 is 26.4 Å². The molecule has 6 nitrogen and oxygen atoms in total. The second-order valence-electron chi connectivity index (χ2n) is 9.02. The van der Waals surface area contributed by atoms with Gasteiger partial charge in [-0.2, -0.15) is 17.5 Å². The number of likely N-dealkylation sites (tertiary alicyclic amines) is 1. The molecule has 0 aromatic heterocycles. The second-order valence-corrected chi connectivity index (χ2v) is 10.9. The number of hydrogen-bond acceptors (Lipinski definition) is 4. The van der Waals surface area contributed by atoms with Gasteiger partial charge in [-0.05, 0) is 56.8 Å². The highest BCUT2D eigenvalue weighted by molar-refractivity contribution is 7.89. The highest BCUT2D eigenvalue weighted by atomic mass is 32.2. The Morgan fingerprint density at radius 2 is 1.88 bits per heavy atom. The number of nitrogens with zero attached hydrogens (tertiary/aromatic N) is 2. The smallest absolute Gasteiger partial charge is 0.341 e. The number of carbonyl (C=O) groups excluding carboxylic acids is 1. The molecule has 0 spiro atoms. The summed E-state index contributed by atoms with van der Waals surface area (Å²) in [6.45, 7) is 7.10. The molecule has 1 fully saturated rings. The number of amides is 1. The lowest BCUT2D eigenvalue weighted by Crippen LogP contribution is -2.52. The zero-order valence-corrected chi connectivity index (χ0v) is 20.7. The predicted octanol–water partition coefficient (Wildman–Crippen LogP) is 4.12. The number of hydrogen-bond donors (Lipinski definition) is 1. The van der Waals surface area contributed by atoms with Gasteiger partial charge in [0.1, 0.15) is 0 Å². The van der Waals surface area contributed by atoms with Crippen LogP contribution >= 0.6 is 0 Å². The number of unbranched alkanes of at least 4 members (excludes halogenated alkanes) is 1. The van der Waals surface area contributed by atoms with Crippen molar-refractivity contribution in [2.75, 3.05) is 26.7 Å². The summed E-state index contributed by atoms with van der Waals surface area (Å²) < 4.78 is 67.6. The second kappa shape index (κ2) is 11.7. The molecular formula is C23H36F3N3O3S. The Balaban J connectivity index is 2.20. The molecule has 1 amide bonds. The van der Waals surface area contributed by atoms with Gasteiger partial charge < -0.3 is 10.2 Å². The molecule has 1 aliphatic rings. The molecule has 10 heteroatoms. The molecule has 1 N–H and O–H groups in total. The summed E-state index contributed by atoms with van der Waals surface area (Å²) in [5.41, 5.74) is -0.984. The maximum Gasteiger partial charge on any atom is 0.416 e. The van der Waals surface area contributed by atoms with E-state index in [1.165, 1.54) is 10.4 Å². The minimum Gasteiger partial charge on any atom is -0.341 e. The number of rotatable bonds is 10. The van der Waals surface area contributed by atoms with E-state index >= 15 is 0 Å². The number of nitrogens with one attached hydrogen (secondary N) is 1. The van der Waals surface area contributed by atoms with Crippen molar-refractivity contribution in [3.05, 3.63) is 29.8 Å². The molecule has 33 heavy (non-hydrogen) atoms. The van der Waals surface area contributed by atoms with Crippen LogP contribution in [0, 0.1) is 5.92 Å². The summed E-state index contributed by atoms with van der Waals surface area (Å²) in [5.74, 6) is 0.358. The molecule has 0 saturated carbocycles. The lowest BCUT2D eigenvalue weighted by atomic mass is 10.00. The topological polar surface area (TPSA) is 69.7 Å². The number of likely N-dealkylation sites (N-methyl/N-ethyl adjacent to an activating group) is 1. The van der Waals surface area contributed by atoms with E-state index in [-0.39, 0.29) is 29.4 Å². The van der Waals surface area contributed by atoms with Crippen LogP contribution in [0.4, 0.5) is 13.2 Å². The van der Waals surface area contributed by atoms with Gasteiger partial charge in [-0.15, -0.1) is 0 Å². The van der Waals surface area contributed by atoms with Crippen molar-refractivity contribution in [1.29, 1.82) is 0 Å². The number of carbonyl (C=O) groups is 1. The van der Waals surface area contributed by atoms with Gasteiger partial charge in [0, 0.05) is 25.7 Å². The average Bonchev–Trinajstić information content (AvgIpc) is 2.77. The molecule has 1 atom stereocenters. The Bertz CT molecular complexity index is 882. The highest BCUT2D eigenvalue weighted by Crippen LogP contribution is 2.32. The molecule has 188 valence electrons. The normalized spacial score (nSPS) is 17.1. The van der Waals surface area contributed by atoms with Crippen LogP contribution in [0.1, 0.15) is 58.4 Å². The maximum atomic E-state index is 13.4. The molecule has 1 aliphatic heterocycles. The fourth-order valence-corrected chi connectivity index (χ4v) is 5.96. The Morgan fingerprint density at radius 3 is 2.39 bits per heavy atom. The SMILES string of the molecule is CCCCN(C1CCN(C(=O)C(CC(C)C)NC)CC1)S(=O)(=O)c1cccc(C(F)(F)F)c1. The third kappa shape index (κ3) is 7.16. The van der Waals surface area contributed by atoms with Crippen LogP contribution in [0.15, 0.2) is 29.2 Å². The quantitative estimate of drug-likeness (QED) is 0.535. The molecule has 1 heterocycles. The van der Waals surface area contributed by atoms with Crippen molar-refractivity contribution >= 4 is 15.9 Å². The van der Waals surface area contributed by atoms with Crippen LogP contribution in [-0.2, 0) is 21.0 Å². The van der Waals surface area contributed by atoms with Crippen molar-refractivity contribution in [1.82, 2.24) is 14.5 Å². The zero-order valence-electron chi connectivity index (χ0n) is 19.9. The third-order valence-electron chi connectivity index (χ3n) is 6.04. The largest absolute Gasteiger partial charge is 0.416 e. The number of halogens is 3. The monoisotopic (exact) mass is 491 g/mol. The number of alkyl halides is 3. The Labute approximate surface area is 195 Å². The fraction of sp³-hybridized carbons (Fsp3) is 0.696. The first kappa shape index (κ1) is 27.6. The van der Waals surface area contributed by atoms with E-state index in [9.17, 15) is 26.4 Å². The van der Waals surface area contributed by atoms with Crippen LogP contribution in [-0.4, -0.2) is 62.3 Å². The molecule has 1 unspecified atom stereocenters. The first-order chi connectivity index (χ1) is 15.4. The van der Waals surface area contributed by atoms with Gasteiger partial charge in [0.05, 0.1) is 16.5 Å². The van der Waals surface area contributed by atoms with Crippen LogP contribution in [0.3, 0.4) is 0 Å². The summed E-state index contributed by atoms with van der Waals surface area (Å²) >= 11 is 0. The molecule has 0 aliphatic carbocycles. The minimum atomic E-state index is -4.62. The van der Waals surface area contributed by atoms with Crippen LogP contribution < -0.4 is 5.32 Å². The van der Waals surface area contributed by atoms with Crippen molar-refractivity contribution in [2.45, 2.75) is 76.0 Å². The summed E-state index contributed by atoms with van der Waals surface area (Å²) in [5, 5.41) is 3.07. The molecule has 1 saturated heterocycles. The maximum absolute atomic E-state index is 13.4. The van der Waals surface area contributed by atoms with Gasteiger partial charge in [0.2, 0.25) is 15.9 Å². The number of benzene rings is 1. The van der Waals surface area contributed by atoms with E-state index in [1.54, 1.807) is 11.9 Å². The van der Waals surface area contributed by atoms with Gasteiger partial charge in [0.25, 0.3) is 0 Å². The van der Waals surface area contributed by atoms with Crippen molar-refractivity contribution in [2.24, 2.45) is 5.92 Å². The van der Waals surface area contributed by atoms with Gasteiger partial charge >= 0.3 is 6.18 Å². The molecule has 1 aromatic carbocycles. The highest BCUT2D eigenvalue weighted by Gasteiger charge is 2.37. The lowest BCUT2D eigenvalue weighted by molar-refractivity contribution is -0.137. The fourth-order valence-electron chi connectivity index (χ4n) is 4.19. The van der Waals surface area contributed by atoms with Gasteiger partial charge in [-0.1, -0.05) is 33.3 Å². The molecular weight excluding hydrogens is 455 g/mol.